The molecule has 0 aliphatic carbocycles. The van der Waals surface area contributed by atoms with E-state index in [0.717, 1.165) is 24.3 Å². The molecule has 0 radical (unpaired) electrons. The number of benzene rings is 2. The lowest BCUT2D eigenvalue weighted by Gasteiger charge is -2.22. The summed E-state index contributed by atoms with van der Waals surface area (Å²) in [4.78, 5) is 48.4. The number of nitro benzene ring substituents is 1. The van der Waals surface area contributed by atoms with Gasteiger partial charge < -0.3 is 15.4 Å². The molecule has 0 bridgehead atoms. The number of amides is 4. The highest BCUT2D eigenvalue weighted by atomic mass is 35.5. The molecule has 10 nitrogen and oxygen atoms in total. The van der Waals surface area contributed by atoms with Gasteiger partial charge in [0, 0.05) is 12.1 Å². The number of urea groups is 1. The van der Waals surface area contributed by atoms with E-state index in [1.54, 1.807) is 0 Å². The van der Waals surface area contributed by atoms with Crippen LogP contribution in [-0.4, -0.2) is 40.6 Å². The number of anilines is 1. The Balaban J connectivity index is 1.74. The topological polar surface area (TPSA) is 131 Å². The first-order chi connectivity index (χ1) is 15.3. The highest BCUT2D eigenvalue weighted by Gasteiger charge is 2.49. The summed E-state index contributed by atoms with van der Waals surface area (Å²) in [6, 6.07) is 6.73. The minimum Gasteiger partial charge on any atom is -0.406 e. The number of nitrogens with zero attached hydrogens (tertiary/aromatic N) is 2. The van der Waals surface area contributed by atoms with Gasteiger partial charge in [0.25, 0.3) is 11.6 Å². The zero-order valence-electron chi connectivity index (χ0n) is 16.6. The fourth-order valence-corrected chi connectivity index (χ4v) is 3.25. The number of nitro groups is 1. The fraction of sp³-hybridized carbons (Fsp3) is 0.211. The van der Waals surface area contributed by atoms with Crippen molar-refractivity contribution in [1.29, 1.82) is 0 Å². The van der Waals surface area contributed by atoms with Gasteiger partial charge in [0.05, 0.1) is 15.6 Å². The first-order valence-corrected chi connectivity index (χ1v) is 9.42. The molecule has 0 aromatic heterocycles. The smallest absolute Gasteiger partial charge is 0.406 e. The zero-order valence-corrected chi connectivity index (χ0v) is 17.4. The number of rotatable bonds is 6. The number of hydrogen-bond donors (Lipinski definition) is 2. The molecule has 2 aromatic carbocycles. The maximum atomic E-state index is 12.9. The van der Waals surface area contributed by atoms with E-state index in [9.17, 15) is 37.7 Å². The van der Waals surface area contributed by atoms with Crippen LogP contribution in [0.1, 0.15) is 12.5 Å². The molecule has 1 heterocycles. The van der Waals surface area contributed by atoms with Gasteiger partial charge >= 0.3 is 12.4 Å². The number of hydrogen-bond acceptors (Lipinski definition) is 6. The largest absolute Gasteiger partial charge is 0.573 e. The molecular weight excluding hydrogens is 473 g/mol. The van der Waals surface area contributed by atoms with Gasteiger partial charge in [-0.2, -0.15) is 0 Å². The fourth-order valence-electron chi connectivity index (χ4n) is 3.08. The van der Waals surface area contributed by atoms with Crippen LogP contribution in [0.5, 0.6) is 5.75 Å². The minimum atomic E-state index is -4.89. The van der Waals surface area contributed by atoms with Crippen LogP contribution in [0.2, 0.25) is 5.02 Å². The first kappa shape index (κ1) is 23.8. The predicted octanol–water partition coefficient (Wildman–Crippen LogP) is 3.55. The minimum absolute atomic E-state index is 0.00264. The van der Waals surface area contributed by atoms with Crippen molar-refractivity contribution in [2.75, 3.05) is 11.9 Å². The maximum Gasteiger partial charge on any atom is 0.573 e. The van der Waals surface area contributed by atoms with E-state index in [1.807, 2.05) is 0 Å². The lowest BCUT2D eigenvalue weighted by Crippen LogP contribution is -2.42. The number of ether oxygens (including phenoxy) is 1. The van der Waals surface area contributed by atoms with Crippen LogP contribution in [0.4, 0.5) is 29.3 Å². The Labute approximate surface area is 188 Å². The van der Waals surface area contributed by atoms with Gasteiger partial charge in [-0.1, -0.05) is 23.7 Å². The van der Waals surface area contributed by atoms with Crippen molar-refractivity contribution in [3.8, 4) is 5.75 Å². The quantitative estimate of drug-likeness (QED) is 0.365. The summed E-state index contributed by atoms with van der Waals surface area (Å²) in [5.74, 6) is -2.21. The normalized spacial score (nSPS) is 18.2. The molecule has 1 aliphatic heterocycles. The number of alkyl halides is 3. The van der Waals surface area contributed by atoms with Gasteiger partial charge in [-0.3, -0.25) is 24.6 Å². The summed E-state index contributed by atoms with van der Waals surface area (Å²) in [7, 11) is 0. The van der Waals surface area contributed by atoms with Crippen LogP contribution in [0.25, 0.3) is 0 Å². The average molecular weight is 487 g/mol. The van der Waals surface area contributed by atoms with Crippen molar-refractivity contribution >= 4 is 40.8 Å². The van der Waals surface area contributed by atoms with Gasteiger partial charge in [0.15, 0.2) is 0 Å². The highest BCUT2D eigenvalue weighted by Crippen LogP contribution is 2.32. The third-order valence-electron chi connectivity index (χ3n) is 4.68. The van der Waals surface area contributed by atoms with E-state index >= 15 is 0 Å². The molecule has 33 heavy (non-hydrogen) atoms. The van der Waals surface area contributed by atoms with Crippen molar-refractivity contribution in [1.82, 2.24) is 10.2 Å². The molecule has 1 fully saturated rings. The molecule has 14 heteroatoms. The van der Waals surface area contributed by atoms with Crippen LogP contribution < -0.4 is 15.4 Å². The van der Waals surface area contributed by atoms with Crippen molar-refractivity contribution < 1.29 is 37.2 Å². The van der Waals surface area contributed by atoms with Crippen molar-refractivity contribution in [2.45, 2.75) is 18.8 Å². The monoisotopic (exact) mass is 486 g/mol. The van der Waals surface area contributed by atoms with E-state index in [4.69, 9.17) is 11.6 Å². The second kappa shape index (κ2) is 8.58. The van der Waals surface area contributed by atoms with Crippen molar-refractivity contribution in [3.63, 3.8) is 0 Å². The first-order valence-electron chi connectivity index (χ1n) is 9.04. The van der Waals surface area contributed by atoms with Gasteiger partial charge in [0.1, 0.15) is 17.8 Å². The second-order valence-electron chi connectivity index (χ2n) is 6.99. The maximum absolute atomic E-state index is 12.9. The van der Waals surface area contributed by atoms with E-state index in [1.165, 1.54) is 25.1 Å². The molecule has 1 aliphatic rings. The van der Waals surface area contributed by atoms with Crippen LogP contribution in [0, 0.1) is 10.1 Å². The Kier molecular flexibility index (Phi) is 6.18. The molecule has 1 atom stereocenters. The third kappa shape index (κ3) is 5.14. The standard InChI is InChI=1S/C19H14ClF3N4O6/c1-18(10-2-5-12(6-3-10)33-19(21,22)23)16(29)26(17(30)25-18)9-15(28)24-14-8-11(27(31)32)4-7-13(14)20/h2-8H,9H2,1H3,(H,24,28)(H,25,30). The Morgan fingerprint density at radius 1 is 1.24 bits per heavy atom. The lowest BCUT2D eigenvalue weighted by atomic mass is 9.92. The molecule has 1 unspecified atom stereocenters. The number of non-ortho nitro benzene ring substituents is 1. The molecule has 2 aromatic rings. The number of imide groups is 1. The van der Waals surface area contributed by atoms with Crippen molar-refractivity contribution in [2.24, 2.45) is 0 Å². The second-order valence-corrected chi connectivity index (χ2v) is 7.40. The Bertz CT molecular complexity index is 1140. The summed E-state index contributed by atoms with van der Waals surface area (Å²) in [6.45, 7) is 0.580. The Hall–Kier alpha value is -3.87. The molecule has 3 rings (SSSR count). The molecule has 4 amide bonds. The Morgan fingerprint density at radius 3 is 2.45 bits per heavy atom. The van der Waals surface area contributed by atoms with Crippen LogP contribution in [-0.2, 0) is 15.1 Å². The highest BCUT2D eigenvalue weighted by molar-refractivity contribution is 6.33. The van der Waals surface area contributed by atoms with E-state index in [2.05, 4.69) is 15.4 Å². The lowest BCUT2D eigenvalue weighted by molar-refractivity contribution is -0.384. The summed E-state index contributed by atoms with van der Waals surface area (Å²) in [5.41, 5.74) is -1.93. The van der Waals surface area contributed by atoms with Crippen LogP contribution in [0.15, 0.2) is 42.5 Å². The summed E-state index contributed by atoms with van der Waals surface area (Å²) in [6.07, 6.45) is -4.89. The SMILES string of the molecule is CC1(c2ccc(OC(F)(F)F)cc2)NC(=O)N(CC(=O)Nc2cc([N+](=O)[O-])ccc2Cl)C1=O. The summed E-state index contributed by atoms with van der Waals surface area (Å²) < 4.78 is 40.8. The summed E-state index contributed by atoms with van der Waals surface area (Å²) in [5, 5.41) is 15.6. The van der Waals surface area contributed by atoms with E-state index in [0.29, 0.717) is 4.90 Å². The van der Waals surface area contributed by atoms with Gasteiger partial charge in [-0.25, -0.2) is 4.79 Å². The molecule has 2 N–H and O–H groups in total. The Morgan fingerprint density at radius 2 is 1.88 bits per heavy atom. The van der Waals surface area contributed by atoms with Crippen LogP contribution >= 0.6 is 11.6 Å². The van der Waals surface area contributed by atoms with Gasteiger partial charge in [0.2, 0.25) is 5.91 Å². The average Bonchev–Trinajstić information content (AvgIpc) is 2.92. The number of nitrogens with one attached hydrogen (secondary N) is 2. The van der Waals surface area contributed by atoms with Gasteiger partial charge in [-0.05, 0) is 30.7 Å². The molecule has 0 spiro atoms. The third-order valence-corrected chi connectivity index (χ3v) is 5.01. The van der Waals surface area contributed by atoms with Crippen molar-refractivity contribution in [3.05, 3.63) is 63.2 Å². The number of halogens is 4. The zero-order chi connectivity index (χ0) is 24.6. The number of carbonyl (C=O) groups is 3. The molecule has 1 saturated heterocycles. The van der Waals surface area contributed by atoms with E-state index < -0.39 is 47.0 Å². The molecular formula is C19H14ClF3N4O6. The van der Waals surface area contributed by atoms with Crippen LogP contribution in [0.3, 0.4) is 0 Å². The van der Waals surface area contributed by atoms with E-state index in [-0.39, 0.29) is 22.0 Å². The molecule has 0 saturated carbocycles. The molecule has 174 valence electrons. The summed E-state index contributed by atoms with van der Waals surface area (Å²) >= 11 is 5.92. The predicted molar refractivity (Wildman–Crippen MR) is 107 cm³/mol. The van der Waals surface area contributed by atoms with Gasteiger partial charge in [-0.15, -0.1) is 13.2 Å². The number of carbonyl (C=O) groups excluding carboxylic acids is 3.